The van der Waals surface area contributed by atoms with Gasteiger partial charge in [0.2, 0.25) is 0 Å². The van der Waals surface area contributed by atoms with Gasteiger partial charge in [-0.2, -0.15) is 0 Å². The molecule has 0 aliphatic carbocycles. The van der Waals surface area contributed by atoms with E-state index in [1.54, 1.807) is 0 Å². The van der Waals surface area contributed by atoms with E-state index in [0.717, 1.165) is 0 Å². The maximum Gasteiger partial charge on any atom is 3.00 e. The molecule has 19 heteroatoms. The minimum absolute atomic E-state index is 0. The van der Waals surface area contributed by atoms with Crippen molar-refractivity contribution in [2.75, 3.05) is 39.3 Å². The molecule has 0 bridgehead atoms. The summed E-state index contributed by atoms with van der Waals surface area (Å²) < 4.78 is 0. The van der Waals surface area contributed by atoms with Crippen LogP contribution in [0.15, 0.2) is 0 Å². The van der Waals surface area contributed by atoms with Crippen LogP contribution in [0.3, 0.4) is 0 Å². The van der Waals surface area contributed by atoms with E-state index in [4.69, 9.17) is 0 Å². The van der Waals surface area contributed by atoms with Crippen LogP contribution in [0.5, 0.6) is 0 Å². The fourth-order valence-electron chi connectivity index (χ4n) is 1.60. The molecule has 0 aromatic rings. The van der Waals surface area contributed by atoms with Gasteiger partial charge in [-0.1, -0.05) is 0 Å². The van der Waals surface area contributed by atoms with Gasteiger partial charge in [-0.15, -0.1) is 0 Å². The summed E-state index contributed by atoms with van der Waals surface area (Å²) in [7, 11) is 0. The van der Waals surface area contributed by atoms with Crippen LogP contribution in [0.2, 0.25) is 0 Å². The molecule has 0 aliphatic heterocycles. The Hall–Kier alpha value is 0.583. The molecule has 0 saturated heterocycles. The molecule has 15 nitrogen and oxygen atoms in total. The molecular weight excluding hydrogens is 658 g/mol. The Balaban J connectivity index is -0.0000000640. The summed E-state index contributed by atoms with van der Waals surface area (Å²) in [5.41, 5.74) is 0. The number of rotatable bonds is 12. The van der Waals surface area contributed by atoms with E-state index in [-0.39, 0.29) is 130 Å². The van der Waals surface area contributed by atoms with E-state index in [2.05, 4.69) is 0 Å². The van der Waals surface area contributed by atoms with E-state index in [0.29, 0.717) is 0 Å². The van der Waals surface area contributed by atoms with Crippen LogP contribution in [-0.4, -0.2) is 101 Å². The minimum Gasteiger partial charge on any atom is -2.00 e. The molecule has 0 aromatic heterocycles. The van der Waals surface area contributed by atoms with Gasteiger partial charge in [-0.3, -0.25) is 0 Å². The van der Waals surface area contributed by atoms with Crippen molar-refractivity contribution in [3.63, 3.8) is 0 Å². The van der Waals surface area contributed by atoms with E-state index in [1.165, 1.54) is 0 Å². The van der Waals surface area contributed by atoms with Gasteiger partial charge in [0, 0.05) is 0 Å². The first-order valence-electron chi connectivity index (χ1n) is 6.69. The smallest absolute Gasteiger partial charge is 2.00 e. The molecule has 2 N–H and O–H groups in total. The quantitative estimate of drug-likeness (QED) is 0.183. The minimum atomic E-state index is -1.53. The summed E-state index contributed by atoms with van der Waals surface area (Å²) in [4.78, 5) is 59.7. The Morgan fingerprint density at radius 2 is 0.516 bits per heavy atom. The van der Waals surface area contributed by atoms with Gasteiger partial charge >= 0.3 is 115 Å². The van der Waals surface area contributed by atoms with Crippen molar-refractivity contribution >= 4 is 62.0 Å². The van der Waals surface area contributed by atoms with E-state index in [1.807, 2.05) is 0 Å². The molecule has 0 atom stereocenters. The van der Waals surface area contributed by atoms with Crippen molar-refractivity contribution < 1.29 is 163 Å². The Morgan fingerprint density at radius 3 is 0.581 bits per heavy atom. The molecule has 158 valence electrons. The topological polar surface area (TPSA) is 278 Å². The van der Waals surface area contributed by atoms with Crippen LogP contribution in [-0.2, 0) is 34.2 Å². The first-order chi connectivity index (χ1) is 11.8. The Labute approximate surface area is 261 Å². The van der Waals surface area contributed by atoms with Gasteiger partial charge in [0.15, 0.2) is 0 Å². The maximum atomic E-state index is 10.0. The van der Waals surface area contributed by atoms with Crippen LogP contribution < -0.4 is 129 Å². The number of quaternary nitrogens is 2. The monoisotopic (exact) mass is 672 g/mol. The predicted octanol–water partition coefficient (Wildman–Crippen LogP) is -23.2. The zero-order valence-corrected chi connectivity index (χ0v) is 26.5. The number of hydrogen-bond acceptors (Lipinski definition) is 12. The van der Waals surface area contributed by atoms with Crippen LogP contribution in [0.4, 0.5) is 0 Å². The number of carbonyl (C=O) groups is 6. The second-order valence-electron chi connectivity index (χ2n) is 4.79. The number of aliphatic carboxylic acids is 6. The summed E-state index contributed by atoms with van der Waals surface area (Å²) in [6, 6.07) is 0. The molecule has 2 radical (unpaired) electrons. The molecule has 0 heterocycles. The van der Waals surface area contributed by atoms with Gasteiger partial charge < -0.3 is 74.7 Å². The first kappa shape index (κ1) is 48.9. The van der Waals surface area contributed by atoms with Crippen molar-refractivity contribution in [2.24, 2.45) is 0 Å². The summed E-state index contributed by atoms with van der Waals surface area (Å²) in [5, 5.41) is 60.1. The molecule has 0 aromatic carbocycles. The van der Waals surface area contributed by atoms with Crippen LogP contribution in [0.1, 0.15) is 0 Å². The standard InChI is InChI=1S/2C6H9NO6.Bi.3Na.O/c2*8-4(9)1-7(2-5(10)11)3-6(12)13;;;;;/h2*1-3H2,(H,8,9)(H,10,11)(H,12,13);;;;;/q;;+3;3*+1;-2/p-4. The summed E-state index contributed by atoms with van der Waals surface area (Å²) in [6.45, 7) is -4.24. The number of carboxylic acids is 6. The molecule has 0 aliphatic rings. The normalized spacial score (nSPS) is 8.32. The van der Waals surface area contributed by atoms with Crippen molar-refractivity contribution in [1.29, 1.82) is 0 Å². The van der Waals surface area contributed by atoms with Crippen molar-refractivity contribution in [1.82, 2.24) is 0 Å². The summed E-state index contributed by atoms with van der Waals surface area (Å²) >= 11 is 0. The number of nitrogens with one attached hydrogen (secondary N) is 2. The zero-order valence-electron chi connectivity index (χ0n) is 17.0. The Bertz CT molecular complexity index is 444. The third-order valence-electron chi connectivity index (χ3n) is 2.37. The average Bonchev–Trinajstić information content (AvgIpc) is 2.33. The van der Waals surface area contributed by atoms with Crippen LogP contribution in [0.25, 0.3) is 0 Å². The van der Waals surface area contributed by atoms with Gasteiger partial charge in [0.25, 0.3) is 0 Å². The van der Waals surface area contributed by atoms with Crippen molar-refractivity contribution in [3.05, 3.63) is 0 Å². The first-order valence-corrected chi connectivity index (χ1v) is 6.69. The second kappa shape index (κ2) is 28.6. The average molecular weight is 672 g/mol. The molecule has 0 spiro atoms. The number of carboxylic acid groups (broad SMARTS) is 6. The molecule has 0 fully saturated rings. The van der Waals surface area contributed by atoms with E-state index >= 15 is 0 Å². The molecule has 0 amide bonds. The van der Waals surface area contributed by atoms with E-state index in [9.17, 15) is 59.4 Å². The Kier molecular flexibility index (Phi) is 45.1. The third kappa shape index (κ3) is 41.3. The summed E-state index contributed by atoms with van der Waals surface area (Å²) in [5.74, 6) is -9.18. The molecular formula is C12H14BiN2Na3O13. The van der Waals surface area contributed by atoms with Gasteiger partial charge in [0.05, 0.1) is 35.8 Å². The van der Waals surface area contributed by atoms with Crippen molar-refractivity contribution in [2.45, 2.75) is 0 Å². The SMILES string of the molecule is O=C([O-])C[NH+](CC(=O)[O-])CC(=O)[O-].O=C([O-])C[NH+](CC(=O)[O-])CC(=O)[O-].[Bi+3].[Na+].[Na+].[Na+].[O-2]. The molecule has 0 rings (SSSR count). The largest absolute Gasteiger partial charge is 3.00 e. The molecule has 0 saturated carbocycles. The fraction of sp³-hybridized carbons (Fsp3) is 0.500. The molecule has 31 heavy (non-hydrogen) atoms. The second-order valence-corrected chi connectivity index (χ2v) is 4.79. The van der Waals surface area contributed by atoms with Crippen LogP contribution >= 0.6 is 0 Å². The summed E-state index contributed by atoms with van der Waals surface area (Å²) in [6.07, 6.45) is 0. The Morgan fingerprint density at radius 1 is 0.419 bits per heavy atom. The van der Waals surface area contributed by atoms with E-state index < -0.39 is 75.1 Å². The third-order valence-corrected chi connectivity index (χ3v) is 2.37. The zero-order chi connectivity index (χ0) is 20.9. The van der Waals surface area contributed by atoms with Gasteiger partial charge in [-0.25, -0.2) is 0 Å². The molecule has 0 unspecified atom stereocenters. The fourth-order valence-corrected chi connectivity index (χ4v) is 1.60. The maximum absolute atomic E-state index is 10.0. The van der Waals surface area contributed by atoms with Crippen LogP contribution in [0, 0.1) is 0 Å². The van der Waals surface area contributed by atoms with Gasteiger partial charge in [0.1, 0.15) is 39.3 Å². The van der Waals surface area contributed by atoms with Crippen molar-refractivity contribution in [3.8, 4) is 0 Å². The number of carbonyl (C=O) groups excluding carboxylic acids is 6. The van der Waals surface area contributed by atoms with Gasteiger partial charge in [-0.05, 0) is 0 Å². The number of hydrogen-bond donors (Lipinski definition) is 2. The predicted molar refractivity (Wildman–Crippen MR) is 67.6 cm³/mol.